The molecule has 1 aromatic heterocycles. The predicted molar refractivity (Wildman–Crippen MR) is 97.8 cm³/mol. The van der Waals surface area contributed by atoms with Crippen LogP contribution in [0.2, 0.25) is 5.15 Å². The van der Waals surface area contributed by atoms with Gasteiger partial charge in [-0.05, 0) is 48.8 Å². The van der Waals surface area contributed by atoms with Crippen LogP contribution < -0.4 is 4.90 Å². The summed E-state index contributed by atoms with van der Waals surface area (Å²) in [5, 5.41) is 0.412. The Hall–Kier alpha value is -1.05. The number of morpholine rings is 1. The molecule has 2 heterocycles. The fraction of sp³-hybridized carbons (Fsp3) is 0.625. The van der Waals surface area contributed by atoms with E-state index in [1.165, 1.54) is 0 Å². The summed E-state index contributed by atoms with van der Waals surface area (Å²) in [4.78, 5) is 20.3. The molecule has 134 valence electrons. The highest BCUT2D eigenvalue weighted by Crippen LogP contribution is 2.23. The Bertz CT molecular complexity index is 574. The van der Waals surface area contributed by atoms with Gasteiger partial charge >= 0.3 is 6.09 Å². The highest BCUT2D eigenvalue weighted by Gasteiger charge is 2.31. The van der Waals surface area contributed by atoms with Crippen molar-refractivity contribution < 1.29 is 14.3 Å². The van der Waals surface area contributed by atoms with E-state index < -0.39 is 5.60 Å². The second kappa shape index (κ2) is 7.89. The maximum atomic E-state index is 12.4. The van der Waals surface area contributed by atoms with E-state index in [2.05, 4.69) is 20.9 Å². The number of amides is 1. The first-order chi connectivity index (χ1) is 11.2. The Morgan fingerprint density at radius 1 is 1.54 bits per heavy atom. The van der Waals surface area contributed by atoms with E-state index in [0.717, 1.165) is 5.69 Å². The van der Waals surface area contributed by atoms with Crippen LogP contribution in [0.15, 0.2) is 16.7 Å². The van der Waals surface area contributed by atoms with Crippen LogP contribution in [0.4, 0.5) is 10.5 Å². The summed E-state index contributed by atoms with van der Waals surface area (Å²) in [5.41, 5.74) is 0.395. The molecular formula is C16H23BrClN3O3. The average Bonchev–Trinajstić information content (AvgIpc) is 2.44. The monoisotopic (exact) mass is 419 g/mol. The first-order valence-corrected chi connectivity index (χ1v) is 8.94. The van der Waals surface area contributed by atoms with Crippen LogP contribution in [0.25, 0.3) is 0 Å². The summed E-state index contributed by atoms with van der Waals surface area (Å²) in [6, 6.07) is 3.57. The lowest BCUT2D eigenvalue weighted by molar-refractivity contribution is -0.0301. The number of pyridine rings is 1. The van der Waals surface area contributed by atoms with Crippen molar-refractivity contribution in [2.24, 2.45) is 0 Å². The zero-order valence-corrected chi connectivity index (χ0v) is 16.7. The SMILES string of the molecule is CN(CC1COCCN1C(=O)OC(C)(C)C)c1cc(Cl)nc(Br)c1. The number of aromatic nitrogens is 1. The van der Waals surface area contributed by atoms with Crippen LogP contribution in [0.1, 0.15) is 20.8 Å². The number of carbonyl (C=O) groups excluding carboxylic acids is 1. The Balaban J connectivity index is 2.08. The van der Waals surface area contributed by atoms with Crippen molar-refractivity contribution in [1.82, 2.24) is 9.88 Å². The van der Waals surface area contributed by atoms with Gasteiger partial charge in [0.15, 0.2) is 0 Å². The number of hydrogen-bond donors (Lipinski definition) is 0. The molecule has 0 aliphatic carbocycles. The molecule has 0 saturated carbocycles. The van der Waals surface area contributed by atoms with E-state index in [0.29, 0.717) is 36.1 Å². The highest BCUT2D eigenvalue weighted by atomic mass is 79.9. The van der Waals surface area contributed by atoms with Crippen molar-refractivity contribution >= 4 is 39.3 Å². The number of likely N-dealkylation sites (N-methyl/N-ethyl adjacent to an activating group) is 1. The number of carbonyl (C=O) groups is 1. The average molecular weight is 421 g/mol. The van der Waals surface area contributed by atoms with Crippen LogP contribution >= 0.6 is 27.5 Å². The Labute approximate surface area is 156 Å². The van der Waals surface area contributed by atoms with Crippen molar-refractivity contribution in [3.63, 3.8) is 0 Å². The van der Waals surface area contributed by atoms with Gasteiger partial charge in [-0.25, -0.2) is 9.78 Å². The number of nitrogens with zero attached hydrogens (tertiary/aromatic N) is 3. The van der Waals surface area contributed by atoms with Gasteiger partial charge in [0.1, 0.15) is 15.4 Å². The van der Waals surface area contributed by atoms with Crippen LogP contribution in [-0.2, 0) is 9.47 Å². The molecule has 0 radical (unpaired) electrons. The molecular weight excluding hydrogens is 398 g/mol. The van der Waals surface area contributed by atoms with Crippen molar-refractivity contribution in [3.8, 4) is 0 Å². The van der Waals surface area contributed by atoms with Gasteiger partial charge in [0.25, 0.3) is 0 Å². The van der Waals surface area contributed by atoms with E-state index in [1.807, 2.05) is 38.8 Å². The summed E-state index contributed by atoms with van der Waals surface area (Å²) in [7, 11) is 1.94. The third-order valence-corrected chi connectivity index (χ3v) is 4.13. The van der Waals surface area contributed by atoms with E-state index in [-0.39, 0.29) is 12.1 Å². The molecule has 0 aromatic carbocycles. The van der Waals surface area contributed by atoms with Gasteiger partial charge in [-0.15, -0.1) is 0 Å². The zero-order valence-electron chi connectivity index (χ0n) is 14.4. The summed E-state index contributed by atoms with van der Waals surface area (Å²) in [6.45, 7) is 7.71. The molecule has 1 fully saturated rings. The highest BCUT2D eigenvalue weighted by molar-refractivity contribution is 9.10. The van der Waals surface area contributed by atoms with Gasteiger partial charge in [0, 0.05) is 25.8 Å². The van der Waals surface area contributed by atoms with Crippen LogP contribution in [0.3, 0.4) is 0 Å². The lowest BCUT2D eigenvalue weighted by Gasteiger charge is -2.38. The first-order valence-electron chi connectivity index (χ1n) is 7.77. The van der Waals surface area contributed by atoms with Gasteiger partial charge in [-0.2, -0.15) is 0 Å². The Morgan fingerprint density at radius 2 is 2.25 bits per heavy atom. The third kappa shape index (κ3) is 5.50. The molecule has 1 atom stereocenters. The standard InChI is InChI=1S/C16H23BrClN3O3/c1-16(2,3)24-15(22)21-5-6-23-10-12(21)9-20(4)11-7-13(17)19-14(18)8-11/h7-8,12H,5-6,9-10H2,1-4H3. The van der Waals surface area contributed by atoms with E-state index in [4.69, 9.17) is 21.1 Å². The molecule has 0 spiro atoms. The number of halogens is 2. The summed E-state index contributed by atoms with van der Waals surface area (Å²) < 4.78 is 11.7. The summed E-state index contributed by atoms with van der Waals surface area (Å²) in [5.74, 6) is 0. The third-order valence-electron chi connectivity index (χ3n) is 3.53. The summed E-state index contributed by atoms with van der Waals surface area (Å²) >= 11 is 9.35. The Morgan fingerprint density at radius 3 is 2.88 bits per heavy atom. The molecule has 1 saturated heterocycles. The Kier molecular flexibility index (Phi) is 6.33. The molecule has 0 bridgehead atoms. The first kappa shape index (κ1) is 19.3. The van der Waals surface area contributed by atoms with Crippen molar-refractivity contribution in [3.05, 3.63) is 21.9 Å². The molecule has 1 aliphatic heterocycles. The van der Waals surface area contributed by atoms with Gasteiger partial charge < -0.3 is 14.4 Å². The second-order valence-electron chi connectivity index (χ2n) is 6.75. The number of rotatable bonds is 3. The zero-order chi connectivity index (χ0) is 17.9. The molecule has 1 unspecified atom stereocenters. The topological polar surface area (TPSA) is 54.9 Å². The molecule has 1 amide bonds. The smallest absolute Gasteiger partial charge is 0.410 e. The van der Waals surface area contributed by atoms with E-state index in [9.17, 15) is 4.79 Å². The van der Waals surface area contributed by atoms with Crippen LogP contribution in [0, 0.1) is 0 Å². The quantitative estimate of drug-likeness (QED) is 0.700. The maximum Gasteiger partial charge on any atom is 0.410 e. The van der Waals surface area contributed by atoms with Crippen LogP contribution in [-0.4, -0.2) is 61.0 Å². The lowest BCUT2D eigenvalue weighted by atomic mass is 10.2. The van der Waals surface area contributed by atoms with Gasteiger partial charge in [0.2, 0.25) is 0 Å². The number of hydrogen-bond acceptors (Lipinski definition) is 5. The molecule has 2 rings (SSSR count). The molecule has 6 nitrogen and oxygen atoms in total. The number of ether oxygens (including phenoxy) is 2. The summed E-state index contributed by atoms with van der Waals surface area (Å²) in [6.07, 6.45) is -0.307. The minimum Gasteiger partial charge on any atom is -0.444 e. The van der Waals surface area contributed by atoms with E-state index in [1.54, 1.807) is 11.0 Å². The minimum absolute atomic E-state index is 0.0932. The van der Waals surface area contributed by atoms with Crippen LogP contribution in [0.5, 0.6) is 0 Å². The molecule has 24 heavy (non-hydrogen) atoms. The molecule has 1 aliphatic rings. The van der Waals surface area contributed by atoms with E-state index >= 15 is 0 Å². The molecule has 8 heteroatoms. The largest absolute Gasteiger partial charge is 0.444 e. The fourth-order valence-electron chi connectivity index (χ4n) is 2.46. The molecule has 0 N–H and O–H groups in total. The predicted octanol–water partition coefficient (Wildman–Crippen LogP) is 3.57. The normalized spacial score (nSPS) is 18.4. The van der Waals surface area contributed by atoms with Gasteiger partial charge in [-0.1, -0.05) is 11.6 Å². The lowest BCUT2D eigenvalue weighted by Crippen LogP contribution is -2.54. The van der Waals surface area contributed by atoms with Gasteiger partial charge in [-0.3, -0.25) is 4.90 Å². The molecule has 1 aromatic rings. The van der Waals surface area contributed by atoms with Crippen molar-refractivity contribution in [1.29, 1.82) is 0 Å². The fourth-order valence-corrected chi connectivity index (χ4v) is 3.19. The van der Waals surface area contributed by atoms with Crippen molar-refractivity contribution in [2.45, 2.75) is 32.4 Å². The number of anilines is 1. The van der Waals surface area contributed by atoms with Gasteiger partial charge in [0.05, 0.1) is 19.3 Å². The van der Waals surface area contributed by atoms with Crippen molar-refractivity contribution in [2.75, 3.05) is 38.3 Å². The maximum absolute atomic E-state index is 12.4. The minimum atomic E-state index is -0.519. The second-order valence-corrected chi connectivity index (χ2v) is 7.95.